The van der Waals surface area contributed by atoms with Crippen molar-refractivity contribution in [3.05, 3.63) is 29.6 Å². The molecule has 1 aromatic heterocycles. The monoisotopic (exact) mass is 288 g/mol. The zero-order chi connectivity index (χ0) is 15.2. The number of nitrogens with zero attached hydrogens (tertiary/aromatic N) is 2. The smallest absolute Gasteiger partial charge is 0.273 e. The van der Waals surface area contributed by atoms with Gasteiger partial charge in [0.05, 0.1) is 18.3 Å². The molecular formula is C16H20N2O3. The Balaban J connectivity index is 2.18. The molecule has 5 heteroatoms. The van der Waals surface area contributed by atoms with Crippen LogP contribution in [0.1, 0.15) is 35.8 Å². The summed E-state index contributed by atoms with van der Waals surface area (Å²) in [6.45, 7) is 2.99. The van der Waals surface area contributed by atoms with E-state index >= 15 is 0 Å². The lowest BCUT2D eigenvalue weighted by Gasteiger charge is -2.34. The summed E-state index contributed by atoms with van der Waals surface area (Å²) >= 11 is 0. The van der Waals surface area contributed by atoms with E-state index in [1.807, 2.05) is 6.92 Å². The van der Waals surface area contributed by atoms with Crippen LogP contribution in [0.15, 0.2) is 18.3 Å². The Morgan fingerprint density at radius 3 is 3.10 bits per heavy atom. The van der Waals surface area contributed by atoms with Crippen LogP contribution in [0.4, 0.5) is 0 Å². The summed E-state index contributed by atoms with van der Waals surface area (Å²) in [6.07, 6.45) is 2.19. The summed E-state index contributed by atoms with van der Waals surface area (Å²) in [4.78, 5) is 18.4. The highest BCUT2D eigenvalue weighted by molar-refractivity contribution is 5.94. The Morgan fingerprint density at radius 2 is 2.38 bits per heavy atom. The van der Waals surface area contributed by atoms with Crippen molar-refractivity contribution in [1.29, 1.82) is 0 Å². The van der Waals surface area contributed by atoms with Crippen molar-refractivity contribution in [3.8, 4) is 11.8 Å². The maximum atomic E-state index is 12.6. The first-order valence-corrected chi connectivity index (χ1v) is 7.15. The molecule has 1 saturated heterocycles. The van der Waals surface area contributed by atoms with E-state index in [0.29, 0.717) is 37.2 Å². The first-order chi connectivity index (χ1) is 10.1. The molecule has 1 fully saturated rings. The number of aliphatic hydroxyl groups is 2. The molecule has 2 unspecified atom stereocenters. The zero-order valence-corrected chi connectivity index (χ0v) is 12.1. The van der Waals surface area contributed by atoms with Gasteiger partial charge in [-0.2, -0.15) is 0 Å². The van der Waals surface area contributed by atoms with Gasteiger partial charge in [-0.25, -0.2) is 4.98 Å². The minimum absolute atomic E-state index is 0.00191. The summed E-state index contributed by atoms with van der Waals surface area (Å²) < 4.78 is 0. The fourth-order valence-electron chi connectivity index (χ4n) is 2.36. The number of rotatable bonds is 2. The highest BCUT2D eigenvalue weighted by Gasteiger charge is 2.29. The second kappa shape index (κ2) is 7.21. The van der Waals surface area contributed by atoms with Crippen molar-refractivity contribution in [2.24, 2.45) is 5.92 Å². The molecule has 1 aliphatic rings. The highest BCUT2D eigenvalue weighted by atomic mass is 16.3. The minimum atomic E-state index is -0.346. The lowest BCUT2D eigenvalue weighted by Crippen LogP contribution is -2.45. The van der Waals surface area contributed by atoms with E-state index in [1.165, 1.54) is 0 Å². The maximum Gasteiger partial charge on any atom is 0.273 e. The number of piperidine rings is 1. The Morgan fingerprint density at radius 1 is 1.57 bits per heavy atom. The zero-order valence-electron chi connectivity index (χ0n) is 12.1. The fraction of sp³-hybridized carbons (Fsp3) is 0.500. The van der Waals surface area contributed by atoms with Crippen LogP contribution in [0.5, 0.6) is 0 Å². The fourth-order valence-corrected chi connectivity index (χ4v) is 2.36. The number of pyridine rings is 1. The van der Waals surface area contributed by atoms with Gasteiger partial charge in [-0.3, -0.25) is 4.79 Å². The number of amides is 1. The molecule has 0 bridgehead atoms. The number of carbonyl (C=O) groups is 1. The van der Waals surface area contributed by atoms with Crippen LogP contribution in [-0.4, -0.2) is 51.8 Å². The van der Waals surface area contributed by atoms with E-state index in [4.69, 9.17) is 5.11 Å². The number of aliphatic hydroxyl groups excluding tert-OH is 2. The van der Waals surface area contributed by atoms with Gasteiger partial charge in [0.1, 0.15) is 5.69 Å². The summed E-state index contributed by atoms with van der Waals surface area (Å²) in [5, 5.41) is 18.5. The predicted octanol–water partition coefficient (Wildman–Crippen LogP) is 0.658. The van der Waals surface area contributed by atoms with Crippen LogP contribution in [0.2, 0.25) is 0 Å². The van der Waals surface area contributed by atoms with E-state index in [-0.39, 0.29) is 24.5 Å². The SMILES string of the molecule is CC1CN(C(=O)c2ncccc2C#CCCO)CCC1O. The molecule has 2 heterocycles. The van der Waals surface area contributed by atoms with Gasteiger partial charge in [0.2, 0.25) is 0 Å². The second-order valence-electron chi connectivity index (χ2n) is 5.26. The topological polar surface area (TPSA) is 73.7 Å². The Hall–Kier alpha value is -1.90. The molecule has 112 valence electrons. The van der Waals surface area contributed by atoms with Crippen molar-refractivity contribution in [2.75, 3.05) is 19.7 Å². The van der Waals surface area contributed by atoms with Crippen LogP contribution < -0.4 is 0 Å². The maximum absolute atomic E-state index is 12.6. The van der Waals surface area contributed by atoms with E-state index in [0.717, 1.165) is 0 Å². The first-order valence-electron chi connectivity index (χ1n) is 7.15. The number of hydrogen-bond donors (Lipinski definition) is 2. The molecule has 1 amide bonds. The molecule has 2 atom stereocenters. The third kappa shape index (κ3) is 3.81. The van der Waals surface area contributed by atoms with Crippen molar-refractivity contribution < 1.29 is 15.0 Å². The number of carbonyl (C=O) groups excluding carboxylic acids is 1. The third-order valence-corrected chi connectivity index (χ3v) is 3.62. The highest BCUT2D eigenvalue weighted by Crippen LogP contribution is 2.19. The minimum Gasteiger partial charge on any atom is -0.395 e. The van der Waals surface area contributed by atoms with Gasteiger partial charge in [0.15, 0.2) is 0 Å². The normalized spacial score (nSPS) is 21.6. The van der Waals surface area contributed by atoms with E-state index in [1.54, 1.807) is 23.2 Å². The average molecular weight is 288 g/mol. The Labute approximate surface area is 124 Å². The molecule has 0 radical (unpaired) electrons. The van der Waals surface area contributed by atoms with Crippen molar-refractivity contribution in [1.82, 2.24) is 9.88 Å². The van der Waals surface area contributed by atoms with Crippen LogP contribution in [0.25, 0.3) is 0 Å². The molecule has 1 aromatic rings. The van der Waals surface area contributed by atoms with Crippen LogP contribution in [-0.2, 0) is 0 Å². The largest absolute Gasteiger partial charge is 0.395 e. The molecule has 0 aliphatic carbocycles. The summed E-state index contributed by atoms with van der Waals surface area (Å²) in [6, 6.07) is 3.50. The molecule has 0 spiro atoms. The van der Waals surface area contributed by atoms with E-state index in [9.17, 15) is 9.90 Å². The van der Waals surface area contributed by atoms with Gasteiger partial charge >= 0.3 is 0 Å². The van der Waals surface area contributed by atoms with Gasteiger partial charge in [-0.15, -0.1) is 0 Å². The van der Waals surface area contributed by atoms with E-state index in [2.05, 4.69) is 16.8 Å². The lowest BCUT2D eigenvalue weighted by molar-refractivity contribution is 0.0294. The van der Waals surface area contributed by atoms with Gasteiger partial charge in [-0.05, 0) is 24.5 Å². The molecule has 0 saturated carbocycles. The van der Waals surface area contributed by atoms with Crippen molar-refractivity contribution in [2.45, 2.75) is 25.9 Å². The average Bonchev–Trinajstić information content (AvgIpc) is 2.50. The first kappa shape index (κ1) is 15.5. The molecule has 0 aromatic carbocycles. The molecule has 21 heavy (non-hydrogen) atoms. The Bertz CT molecular complexity index is 562. The molecular weight excluding hydrogens is 268 g/mol. The Kier molecular flexibility index (Phi) is 5.32. The summed E-state index contributed by atoms with van der Waals surface area (Å²) in [5.41, 5.74) is 0.918. The van der Waals surface area contributed by atoms with Gasteiger partial charge in [-0.1, -0.05) is 18.8 Å². The number of hydrogen-bond acceptors (Lipinski definition) is 4. The summed E-state index contributed by atoms with van der Waals surface area (Å²) in [7, 11) is 0. The number of aromatic nitrogens is 1. The standard InChI is InChI=1S/C16H20N2O3/c1-12-11-18(9-7-14(12)20)16(21)15-13(5-2-3-10-19)6-4-8-17-15/h4,6,8,12,14,19-20H,3,7,9-11H2,1H3. The summed E-state index contributed by atoms with van der Waals surface area (Å²) in [5.74, 6) is 5.61. The van der Waals surface area contributed by atoms with Crippen LogP contribution >= 0.6 is 0 Å². The second-order valence-corrected chi connectivity index (χ2v) is 5.26. The van der Waals surface area contributed by atoms with Gasteiger partial charge in [0, 0.05) is 25.7 Å². The third-order valence-electron chi connectivity index (χ3n) is 3.62. The van der Waals surface area contributed by atoms with Crippen LogP contribution in [0, 0.1) is 17.8 Å². The van der Waals surface area contributed by atoms with Crippen molar-refractivity contribution in [3.63, 3.8) is 0 Å². The van der Waals surface area contributed by atoms with Gasteiger partial charge in [0.25, 0.3) is 5.91 Å². The molecule has 2 N–H and O–H groups in total. The lowest BCUT2D eigenvalue weighted by atomic mass is 9.96. The quantitative estimate of drug-likeness (QED) is 0.784. The number of likely N-dealkylation sites (tertiary alicyclic amines) is 1. The van der Waals surface area contributed by atoms with E-state index < -0.39 is 0 Å². The van der Waals surface area contributed by atoms with Gasteiger partial charge < -0.3 is 15.1 Å². The molecule has 1 aliphatic heterocycles. The molecule has 2 rings (SSSR count). The predicted molar refractivity (Wildman–Crippen MR) is 78.5 cm³/mol. The van der Waals surface area contributed by atoms with Crippen LogP contribution in [0.3, 0.4) is 0 Å². The molecule has 5 nitrogen and oxygen atoms in total. The van der Waals surface area contributed by atoms with Crippen molar-refractivity contribution >= 4 is 5.91 Å².